The molecule has 11 atom stereocenters. The van der Waals surface area contributed by atoms with Crippen LogP contribution in [0.15, 0.2) is 94.6 Å². The number of aliphatic hydroxyl groups is 3. The Labute approximate surface area is 351 Å². The van der Waals surface area contributed by atoms with E-state index < -0.39 is 112 Å². The summed E-state index contributed by atoms with van der Waals surface area (Å²) in [5, 5.41) is 39.9. The predicted molar refractivity (Wildman–Crippen MR) is 210 cm³/mol. The molecule has 2 saturated carbocycles. The van der Waals surface area contributed by atoms with Crippen molar-refractivity contribution in [2.24, 2.45) is 16.7 Å². The molecule has 2 saturated heterocycles. The van der Waals surface area contributed by atoms with Crippen molar-refractivity contribution in [2.75, 3.05) is 0 Å². The molecule has 8 rings (SSSR count). The second-order valence-electron chi connectivity index (χ2n) is 17.1. The molecule has 0 unspecified atom stereocenters. The van der Waals surface area contributed by atoms with E-state index in [1.54, 1.807) is 36.4 Å². The molecule has 61 heavy (non-hydrogen) atoms. The van der Waals surface area contributed by atoms with Crippen LogP contribution in [0.4, 0.5) is 0 Å². The Morgan fingerprint density at radius 2 is 1.46 bits per heavy atom. The van der Waals surface area contributed by atoms with Crippen molar-refractivity contribution in [3.8, 4) is 0 Å². The molecular formula is C45H49NO15. The van der Waals surface area contributed by atoms with E-state index in [2.05, 4.69) is 5.32 Å². The Morgan fingerprint density at radius 3 is 2.03 bits per heavy atom. The fourth-order valence-corrected chi connectivity index (χ4v) is 10.3. The highest BCUT2D eigenvalue weighted by Crippen LogP contribution is 2.67. The van der Waals surface area contributed by atoms with Gasteiger partial charge < -0.3 is 48.7 Å². The fraction of sp³-hybridized carbons (Fsp3) is 0.467. The number of ketones is 1. The number of hydrogen-bond acceptors (Lipinski definition) is 15. The summed E-state index contributed by atoms with van der Waals surface area (Å²) in [6.45, 7) is 9.44. The minimum atomic E-state index is -2.75. The summed E-state index contributed by atoms with van der Waals surface area (Å²) >= 11 is 0. The van der Waals surface area contributed by atoms with Crippen molar-refractivity contribution in [1.29, 1.82) is 0 Å². The SMILES string of the molecule is CC(=O)O[C@@]12O[C@@H]3C[C@H](O)[C@@](C)(C1=O)[C@H]([C@H](OC(=O)c1ccccc1)[C@]1(O)C[C@H](OC(=O)[C@H](O)[C@H](NC(=O)c4ccccc4)c4ccco4)C(C)=C2C1(C)C)[C@@]3(C)OC(C)=O. The van der Waals surface area contributed by atoms with Gasteiger partial charge in [0.25, 0.3) is 11.7 Å². The Kier molecular flexibility index (Phi) is 10.9. The van der Waals surface area contributed by atoms with Gasteiger partial charge in [-0.25, -0.2) is 9.59 Å². The summed E-state index contributed by atoms with van der Waals surface area (Å²) < 4.78 is 36.6. The lowest BCUT2D eigenvalue weighted by atomic mass is 9.46. The van der Waals surface area contributed by atoms with Crippen molar-refractivity contribution in [1.82, 2.24) is 5.32 Å². The lowest BCUT2D eigenvalue weighted by Crippen LogP contribution is -2.76. The van der Waals surface area contributed by atoms with Gasteiger partial charge in [0, 0.05) is 43.2 Å². The molecule has 3 aliphatic carbocycles. The van der Waals surface area contributed by atoms with Gasteiger partial charge in [0.15, 0.2) is 6.10 Å². The number of furan rings is 1. The summed E-state index contributed by atoms with van der Waals surface area (Å²) in [6, 6.07) is 17.2. The van der Waals surface area contributed by atoms with Gasteiger partial charge in [-0.2, -0.15) is 0 Å². The first-order valence-electron chi connectivity index (χ1n) is 19.9. The summed E-state index contributed by atoms with van der Waals surface area (Å²) in [4.78, 5) is 83.7. The van der Waals surface area contributed by atoms with E-state index >= 15 is 4.79 Å². The van der Waals surface area contributed by atoms with Gasteiger partial charge in [-0.3, -0.25) is 19.2 Å². The van der Waals surface area contributed by atoms with E-state index in [1.165, 1.54) is 77.3 Å². The van der Waals surface area contributed by atoms with Crippen molar-refractivity contribution >= 4 is 35.6 Å². The zero-order chi connectivity index (χ0) is 44.4. The lowest BCUT2D eigenvalue weighted by Gasteiger charge is -2.62. The molecule has 6 bridgehead atoms. The molecule has 3 aromatic rings. The summed E-state index contributed by atoms with van der Waals surface area (Å²) in [6.07, 6.45) is -8.22. The molecule has 0 spiro atoms. The summed E-state index contributed by atoms with van der Waals surface area (Å²) in [7, 11) is 0. The van der Waals surface area contributed by atoms with E-state index in [1.807, 2.05) is 0 Å². The van der Waals surface area contributed by atoms with E-state index in [0.717, 1.165) is 13.8 Å². The molecule has 2 aromatic carbocycles. The standard InChI is InChI=1S/C45H49NO15/c1-23-29(57-39(53)33(50)32(28-19-14-20-56-28)46-37(51)26-15-10-8-11-16-26)22-44(55)36(58-38(52)27-17-12-9-13-18-27)35-42(6)30(49)21-31(43(35,7)59-24(2)47)61-45(40(42)54,60-25(3)48)34(23)41(44,4)5/h8-20,29-33,35-36,49-50,55H,21-22H2,1-7H3,(H,46,51)/t29-,30-,31+,32+,33+,35-,36-,42+,43-,44+,45-/m0/s1. The number of amides is 1. The van der Waals surface area contributed by atoms with E-state index in [0.29, 0.717) is 0 Å². The Balaban J connectivity index is 1.42. The molecule has 4 N–H and O–H groups in total. The molecule has 16 nitrogen and oxygen atoms in total. The number of hydrogen-bond donors (Lipinski definition) is 4. The maximum absolute atomic E-state index is 15.7. The van der Waals surface area contributed by atoms with Gasteiger partial charge in [0.05, 0.1) is 29.3 Å². The number of aliphatic hydroxyl groups excluding tert-OH is 2. The van der Waals surface area contributed by atoms with Crippen LogP contribution in [0.5, 0.6) is 0 Å². The normalized spacial score (nSPS) is 33.3. The molecule has 324 valence electrons. The lowest BCUT2D eigenvalue weighted by molar-refractivity contribution is -0.266. The third-order valence-electron chi connectivity index (χ3n) is 13.2. The molecule has 3 heterocycles. The van der Waals surface area contributed by atoms with Crippen LogP contribution in [0.25, 0.3) is 0 Å². The third-order valence-corrected chi connectivity index (χ3v) is 13.2. The number of carbonyl (C=O) groups is 6. The predicted octanol–water partition coefficient (Wildman–Crippen LogP) is 3.68. The van der Waals surface area contributed by atoms with Gasteiger partial charge in [0.1, 0.15) is 41.3 Å². The third kappa shape index (κ3) is 6.76. The van der Waals surface area contributed by atoms with Gasteiger partial charge in [-0.15, -0.1) is 0 Å². The zero-order valence-corrected chi connectivity index (χ0v) is 34.7. The molecule has 16 heteroatoms. The van der Waals surface area contributed by atoms with E-state index in [4.69, 9.17) is 28.1 Å². The van der Waals surface area contributed by atoms with Gasteiger partial charge in [-0.05, 0) is 62.7 Å². The molecule has 4 fully saturated rings. The first-order valence-corrected chi connectivity index (χ1v) is 19.9. The highest BCUT2D eigenvalue weighted by atomic mass is 16.7. The largest absolute Gasteiger partial charge is 0.467 e. The topological polar surface area (TPSA) is 234 Å². The van der Waals surface area contributed by atoms with E-state index in [-0.39, 0.29) is 34.5 Å². The van der Waals surface area contributed by atoms with Crippen LogP contribution in [0.2, 0.25) is 0 Å². The van der Waals surface area contributed by atoms with E-state index in [9.17, 15) is 39.3 Å². The van der Waals surface area contributed by atoms with Crippen LogP contribution >= 0.6 is 0 Å². The molecule has 1 amide bonds. The smallest absolute Gasteiger partial charge is 0.338 e. The highest BCUT2D eigenvalue weighted by molar-refractivity contribution is 5.99. The highest BCUT2D eigenvalue weighted by Gasteiger charge is 2.81. The van der Waals surface area contributed by atoms with Crippen LogP contribution in [0, 0.1) is 16.7 Å². The average molecular weight is 844 g/mol. The van der Waals surface area contributed by atoms with Gasteiger partial charge in [0.2, 0.25) is 5.78 Å². The van der Waals surface area contributed by atoms with Crippen LogP contribution in [0.1, 0.15) is 93.8 Å². The Morgan fingerprint density at radius 1 is 0.852 bits per heavy atom. The van der Waals surface area contributed by atoms with Crippen LogP contribution < -0.4 is 5.32 Å². The first-order chi connectivity index (χ1) is 28.6. The second kappa shape index (κ2) is 15.3. The zero-order valence-electron chi connectivity index (χ0n) is 34.7. The second-order valence-corrected chi connectivity index (χ2v) is 17.1. The van der Waals surface area contributed by atoms with Gasteiger partial charge in [-0.1, -0.05) is 50.2 Å². The summed E-state index contributed by atoms with van der Waals surface area (Å²) in [5.41, 5.74) is -8.20. The first kappa shape index (κ1) is 43.4. The van der Waals surface area contributed by atoms with Gasteiger partial charge >= 0.3 is 23.9 Å². The van der Waals surface area contributed by atoms with Crippen LogP contribution in [-0.2, 0) is 42.9 Å². The summed E-state index contributed by atoms with van der Waals surface area (Å²) in [5.74, 6) is -10.1. The van der Waals surface area contributed by atoms with Crippen LogP contribution in [0.3, 0.4) is 0 Å². The van der Waals surface area contributed by atoms with Crippen molar-refractivity contribution < 1.29 is 72.2 Å². The molecular weight excluding hydrogens is 794 g/mol. The number of Topliss-reactive ketones (excluding diaryl/α,β-unsaturated/α-hetero) is 1. The minimum absolute atomic E-state index is 0.00102. The van der Waals surface area contributed by atoms with Crippen molar-refractivity contribution in [3.63, 3.8) is 0 Å². The fourth-order valence-electron chi connectivity index (χ4n) is 10.3. The molecule has 5 aliphatic rings. The Hall–Kier alpha value is -5.68. The number of rotatable bonds is 10. The maximum Gasteiger partial charge on any atom is 0.338 e. The number of carbonyl (C=O) groups excluding carboxylic acids is 6. The van der Waals surface area contributed by atoms with Crippen LogP contribution in [-0.4, -0.2) is 98.4 Å². The maximum atomic E-state index is 15.7. The number of nitrogens with one attached hydrogen (secondary N) is 1. The molecule has 0 radical (unpaired) electrons. The Bertz CT molecular complexity index is 2270. The van der Waals surface area contributed by atoms with Crippen molar-refractivity contribution in [3.05, 3.63) is 107 Å². The minimum Gasteiger partial charge on any atom is -0.467 e. The monoisotopic (exact) mass is 843 g/mol. The number of fused-ring (bicyclic) bond motifs is 3. The van der Waals surface area contributed by atoms with Crippen molar-refractivity contribution in [2.45, 2.75) is 115 Å². The quantitative estimate of drug-likeness (QED) is 0.130. The number of ether oxygens (including phenoxy) is 5. The molecule has 2 aliphatic heterocycles. The molecule has 1 aromatic heterocycles. The average Bonchev–Trinajstić information content (AvgIpc) is 3.71. The number of esters is 4. The number of benzene rings is 2.